The maximum Gasteiger partial charge on any atom is 0.433 e. The van der Waals surface area contributed by atoms with Crippen LogP contribution < -0.4 is 5.56 Å². The number of halogens is 4. The van der Waals surface area contributed by atoms with Gasteiger partial charge in [-0.3, -0.25) is 9.36 Å². The molecule has 0 aliphatic rings. The van der Waals surface area contributed by atoms with E-state index in [-0.39, 0.29) is 16.7 Å². The molecule has 0 amide bonds. The molecule has 0 fully saturated rings. The van der Waals surface area contributed by atoms with Crippen LogP contribution in [0.2, 0.25) is 0 Å². The minimum Gasteiger partial charge on any atom is -0.340 e. The molecule has 0 unspecified atom stereocenters. The average molecular weight is 409 g/mol. The Hall–Kier alpha value is -2.68. The molecule has 3 heterocycles. The number of H-pyrrole nitrogens is 1. The fraction of sp³-hybridized carbons (Fsp3) is 0.0625. The highest BCUT2D eigenvalue weighted by Crippen LogP contribution is 2.31. The lowest BCUT2D eigenvalue weighted by atomic mass is 10.2. The van der Waals surface area contributed by atoms with Crippen molar-refractivity contribution in [3.05, 3.63) is 63.2 Å². The van der Waals surface area contributed by atoms with Crippen molar-refractivity contribution in [2.45, 2.75) is 6.18 Å². The Balaban J connectivity index is 2.23. The largest absolute Gasteiger partial charge is 0.433 e. The SMILES string of the molecule is O=c1c2[nH]cnc2c2ccc(C(F)(F)F)nc2n1-c1ccccc1Br. The second-order valence-corrected chi connectivity index (χ2v) is 6.14. The van der Waals surface area contributed by atoms with Crippen LogP contribution in [0, 0.1) is 0 Å². The number of para-hydroxylation sites is 1. The van der Waals surface area contributed by atoms with Crippen molar-refractivity contribution >= 4 is 38.0 Å². The van der Waals surface area contributed by atoms with E-state index in [9.17, 15) is 18.0 Å². The minimum absolute atomic E-state index is 0.105. The monoisotopic (exact) mass is 408 g/mol. The zero-order valence-electron chi connectivity index (χ0n) is 12.3. The molecule has 0 aliphatic heterocycles. The molecule has 4 aromatic rings. The Morgan fingerprint density at radius 3 is 2.60 bits per heavy atom. The molecular weight excluding hydrogens is 401 g/mol. The van der Waals surface area contributed by atoms with Crippen LogP contribution in [-0.4, -0.2) is 19.5 Å². The fourth-order valence-corrected chi connectivity index (χ4v) is 3.15. The van der Waals surface area contributed by atoms with Gasteiger partial charge < -0.3 is 4.98 Å². The lowest BCUT2D eigenvalue weighted by molar-refractivity contribution is -0.141. The maximum absolute atomic E-state index is 13.1. The molecule has 0 saturated carbocycles. The molecule has 4 rings (SSSR count). The number of fused-ring (bicyclic) bond motifs is 3. The molecule has 1 aromatic carbocycles. The Morgan fingerprint density at radius 2 is 1.88 bits per heavy atom. The first-order chi connectivity index (χ1) is 11.9. The quantitative estimate of drug-likeness (QED) is 0.516. The van der Waals surface area contributed by atoms with Gasteiger partial charge in [-0.2, -0.15) is 13.2 Å². The van der Waals surface area contributed by atoms with Crippen LogP contribution in [0.15, 0.2) is 52.0 Å². The number of alkyl halides is 3. The smallest absolute Gasteiger partial charge is 0.340 e. The fourth-order valence-electron chi connectivity index (χ4n) is 2.69. The molecule has 3 aromatic heterocycles. The van der Waals surface area contributed by atoms with Gasteiger partial charge in [0, 0.05) is 9.86 Å². The van der Waals surface area contributed by atoms with E-state index in [1.807, 2.05) is 0 Å². The van der Waals surface area contributed by atoms with E-state index in [4.69, 9.17) is 0 Å². The summed E-state index contributed by atoms with van der Waals surface area (Å²) in [7, 11) is 0. The van der Waals surface area contributed by atoms with Crippen molar-refractivity contribution in [2.24, 2.45) is 0 Å². The molecule has 25 heavy (non-hydrogen) atoms. The average Bonchev–Trinajstić information content (AvgIpc) is 3.05. The first-order valence-electron chi connectivity index (χ1n) is 7.09. The Morgan fingerprint density at radius 1 is 1.12 bits per heavy atom. The van der Waals surface area contributed by atoms with E-state index in [1.54, 1.807) is 24.3 Å². The van der Waals surface area contributed by atoms with Gasteiger partial charge in [-0.1, -0.05) is 12.1 Å². The zero-order valence-corrected chi connectivity index (χ0v) is 13.9. The number of aromatic nitrogens is 4. The highest BCUT2D eigenvalue weighted by Gasteiger charge is 2.33. The molecular formula is C16H8BrF3N4O. The van der Waals surface area contributed by atoms with E-state index < -0.39 is 17.4 Å². The van der Waals surface area contributed by atoms with E-state index in [1.165, 1.54) is 12.4 Å². The van der Waals surface area contributed by atoms with Crippen LogP contribution in [-0.2, 0) is 6.18 Å². The van der Waals surface area contributed by atoms with Gasteiger partial charge in [0.2, 0.25) is 0 Å². The second kappa shape index (κ2) is 5.41. The van der Waals surface area contributed by atoms with Crippen LogP contribution in [0.4, 0.5) is 13.2 Å². The van der Waals surface area contributed by atoms with Gasteiger partial charge in [-0.15, -0.1) is 0 Å². The van der Waals surface area contributed by atoms with Crippen molar-refractivity contribution < 1.29 is 13.2 Å². The maximum atomic E-state index is 13.1. The predicted molar refractivity (Wildman–Crippen MR) is 89.7 cm³/mol. The van der Waals surface area contributed by atoms with Gasteiger partial charge in [-0.25, -0.2) is 9.97 Å². The first kappa shape index (κ1) is 15.8. The van der Waals surface area contributed by atoms with Crippen molar-refractivity contribution in [3.8, 4) is 5.69 Å². The molecule has 0 bridgehead atoms. The zero-order chi connectivity index (χ0) is 17.8. The van der Waals surface area contributed by atoms with Crippen LogP contribution in [0.25, 0.3) is 27.8 Å². The third-order valence-corrected chi connectivity index (χ3v) is 4.45. The summed E-state index contributed by atoms with van der Waals surface area (Å²) in [6.07, 6.45) is -3.29. The molecule has 0 saturated heterocycles. The van der Waals surface area contributed by atoms with E-state index in [0.717, 1.165) is 10.6 Å². The topological polar surface area (TPSA) is 63.6 Å². The third kappa shape index (κ3) is 2.42. The molecule has 1 N–H and O–H groups in total. The Labute approximate surface area is 146 Å². The number of rotatable bonds is 1. The number of nitrogens with zero attached hydrogens (tertiary/aromatic N) is 3. The van der Waals surface area contributed by atoms with Crippen LogP contribution >= 0.6 is 15.9 Å². The summed E-state index contributed by atoms with van der Waals surface area (Å²) in [5, 5.41) is 0.347. The summed E-state index contributed by atoms with van der Waals surface area (Å²) in [6, 6.07) is 8.90. The summed E-state index contributed by atoms with van der Waals surface area (Å²) < 4.78 is 41.0. The molecule has 0 aliphatic carbocycles. The van der Waals surface area contributed by atoms with Crippen LogP contribution in [0.1, 0.15) is 5.69 Å². The number of imidazole rings is 1. The van der Waals surface area contributed by atoms with Crippen molar-refractivity contribution in [1.82, 2.24) is 19.5 Å². The number of pyridine rings is 2. The highest BCUT2D eigenvalue weighted by atomic mass is 79.9. The standard InChI is InChI=1S/C16H8BrF3N4O/c17-9-3-1-2-4-10(9)24-14-8(5-6-11(23-14)16(18,19)20)12-13(15(24)25)22-7-21-12/h1-7H,(H,21,22). The van der Waals surface area contributed by atoms with Crippen LogP contribution in [0.5, 0.6) is 0 Å². The first-order valence-corrected chi connectivity index (χ1v) is 7.88. The van der Waals surface area contributed by atoms with E-state index in [0.29, 0.717) is 15.5 Å². The van der Waals surface area contributed by atoms with E-state index >= 15 is 0 Å². The van der Waals surface area contributed by atoms with Gasteiger partial charge >= 0.3 is 6.18 Å². The Bertz CT molecular complexity index is 1180. The number of hydrogen-bond donors (Lipinski definition) is 1. The van der Waals surface area contributed by atoms with Gasteiger partial charge in [0.05, 0.1) is 12.0 Å². The summed E-state index contributed by atoms with van der Waals surface area (Å²) in [4.78, 5) is 23.4. The van der Waals surface area contributed by atoms with Gasteiger partial charge in [-0.05, 0) is 40.2 Å². The molecule has 0 radical (unpaired) electrons. The van der Waals surface area contributed by atoms with Gasteiger partial charge in [0.15, 0.2) is 0 Å². The van der Waals surface area contributed by atoms with Crippen LogP contribution in [0.3, 0.4) is 0 Å². The molecule has 0 atom stereocenters. The number of benzene rings is 1. The normalized spacial score (nSPS) is 12.2. The summed E-state index contributed by atoms with van der Waals surface area (Å²) in [6.45, 7) is 0. The number of nitrogens with one attached hydrogen (secondary N) is 1. The summed E-state index contributed by atoms with van der Waals surface area (Å²) >= 11 is 3.33. The minimum atomic E-state index is -4.62. The van der Waals surface area contributed by atoms with Crippen molar-refractivity contribution in [2.75, 3.05) is 0 Å². The molecule has 0 spiro atoms. The molecule has 126 valence electrons. The second-order valence-electron chi connectivity index (χ2n) is 5.28. The molecule has 9 heteroatoms. The van der Waals surface area contributed by atoms with Gasteiger partial charge in [0.25, 0.3) is 5.56 Å². The van der Waals surface area contributed by atoms with E-state index in [2.05, 4.69) is 30.9 Å². The predicted octanol–water partition coefficient (Wildman–Crippen LogP) is 4.04. The summed E-state index contributed by atoms with van der Waals surface area (Å²) in [5.74, 6) is 0. The highest BCUT2D eigenvalue weighted by molar-refractivity contribution is 9.10. The van der Waals surface area contributed by atoms with Gasteiger partial charge in [0.1, 0.15) is 22.4 Å². The lowest BCUT2D eigenvalue weighted by Crippen LogP contribution is -2.21. The number of hydrogen-bond acceptors (Lipinski definition) is 3. The molecule has 5 nitrogen and oxygen atoms in total. The number of aromatic amines is 1. The van der Waals surface area contributed by atoms with Crippen molar-refractivity contribution in [1.29, 1.82) is 0 Å². The lowest BCUT2D eigenvalue weighted by Gasteiger charge is -2.13. The van der Waals surface area contributed by atoms with Crippen molar-refractivity contribution in [3.63, 3.8) is 0 Å². The third-order valence-electron chi connectivity index (χ3n) is 3.78. The Kier molecular flexibility index (Phi) is 3.43. The summed E-state index contributed by atoms with van der Waals surface area (Å²) in [5.41, 5.74) is -0.838.